The SMILES string of the molecule is C[C@H]1CC2CC(S(=O)(=O)c3cc(C(=O)Nc4cc(F)c(F)c(F)c4)ccc3Cl)C[C@H]1[C@@]2(O)c1ccncc1. The van der Waals surface area contributed by atoms with Gasteiger partial charge >= 0.3 is 0 Å². The fourth-order valence-corrected chi connectivity index (χ4v) is 8.49. The summed E-state index contributed by atoms with van der Waals surface area (Å²) in [5.74, 6) is -6.01. The van der Waals surface area contributed by atoms with Crippen molar-refractivity contribution in [3.63, 3.8) is 0 Å². The summed E-state index contributed by atoms with van der Waals surface area (Å²) in [7, 11) is -4.03. The Morgan fingerprint density at radius 1 is 1.05 bits per heavy atom. The van der Waals surface area contributed by atoms with Gasteiger partial charge in [-0.05, 0) is 72.9 Å². The maximum Gasteiger partial charge on any atom is 0.255 e. The molecule has 5 atom stereocenters. The van der Waals surface area contributed by atoms with Gasteiger partial charge in [-0.15, -0.1) is 0 Å². The molecule has 0 radical (unpaired) electrons. The van der Waals surface area contributed by atoms with Gasteiger partial charge in [0.1, 0.15) is 0 Å². The number of fused-ring (bicyclic) bond motifs is 2. The van der Waals surface area contributed by atoms with Crippen molar-refractivity contribution < 1.29 is 31.5 Å². The van der Waals surface area contributed by atoms with Crippen molar-refractivity contribution in [1.82, 2.24) is 4.98 Å². The number of pyridine rings is 1. The maximum atomic E-state index is 13.8. The number of halogens is 4. The van der Waals surface area contributed by atoms with Gasteiger partial charge in [0.2, 0.25) is 0 Å². The standard InChI is InChI=1S/C27H24ClF3N2O4S/c1-14-8-17-10-19(13-20(14)27(17,35)16-4-6-32-7-5-16)38(36,37)24-9-15(2-3-21(24)28)26(34)33-18-11-22(29)25(31)23(30)12-18/h2-7,9,11-12,14,17,19-20,35H,8,10,13H2,1H3,(H,33,34)/t14-,17?,19?,20+,27+/m0/s1. The monoisotopic (exact) mass is 564 g/mol. The van der Waals surface area contributed by atoms with Crippen molar-refractivity contribution in [3.8, 4) is 0 Å². The first-order chi connectivity index (χ1) is 17.9. The maximum absolute atomic E-state index is 13.8. The molecule has 38 heavy (non-hydrogen) atoms. The fraction of sp³-hybridized carbons (Fsp3) is 0.333. The van der Waals surface area contributed by atoms with E-state index in [0.29, 0.717) is 24.1 Å². The molecule has 0 aliphatic heterocycles. The average molecular weight is 565 g/mol. The van der Waals surface area contributed by atoms with E-state index >= 15 is 0 Å². The summed E-state index contributed by atoms with van der Waals surface area (Å²) in [6, 6.07) is 8.41. The summed E-state index contributed by atoms with van der Waals surface area (Å²) >= 11 is 6.28. The summed E-state index contributed by atoms with van der Waals surface area (Å²) in [5, 5.41) is 13.1. The van der Waals surface area contributed by atoms with E-state index in [0.717, 1.165) is 6.07 Å². The number of nitrogens with zero attached hydrogens (tertiary/aromatic N) is 1. The van der Waals surface area contributed by atoms with Crippen molar-refractivity contribution in [2.45, 2.75) is 41.9 Å². The van der Waals surface area contributed by atoms with Crippen molar-refractivity contribution in [3.05, 3.63) is 88.5 Å². The third kappa shape index (κ3) is 4.38. The predicted octanol–water partition coefficient (Wildman–Crippen LogP) is 5.50. The van der Waals surface area contributed by atoms with Gasteiger partial charge in [-0.3, -0.25) is 9.78 Å². The average Bonchev–Trinajstić information content (AvgIpc) is 3.00. The first-order valence-corrected chi connectivity index (χ1v) is 14.0. The second-order valence-electron chi connectivity index (χ2n) is 10.1. The Morgan fingerprint density at radius 2 is 1.71 bits per heavy atom. The predicted molar refractivity (Wildman–Crippen MR) is 135 cm³/mol. The van der Waals surface area contributed by atoms with E-state index in [2.05, 4.69) is 10.3 Å². The van der Waals surface area contributed by atoms with E-state index in [1.165, 1.54) is 12.1 Å². The molecule has 5 rings (SSSR count). The number of hydrogen-bond acceptors (Lipinski definition) is 5. The van der Waals surface area contributed by atoms with E-state index in [1.54, 1.807) is 24.5 Å². The normalized spacial score (nSPS) is 26.8. The highest BCUT2D eigenvalue weighted by atomic mass is 35.5. The number of benzene rings is 2. The van der Waals surface area contributed by atoms with Crippen molar-refractivity contribution in [2.75, 3.05) is 5.32 Å². The molecule has 11 heteroatoms. The number of rotatable bonds is 5. The van der Waals surface area contributed by atoms with E-state index in [1.807, 2.05) is 6.92 Å². The Bertz CT molecular complexity index is 1500. The Labute approximate surface area is 222 Å². The molecule has 0 saturated heterocycles. The third-order valence-electron chi connectivity index (χ3n) is 7.92. The van der Waals surface area contributed by atoms with Gasteiger partial charge in [0, 0.05) is 35.8 Å². The van der Waals surface area contributed by atoms with Gasteiger partial charge in [-0.25, -0.2) is 21.6 Å². The number of amides is 1. The van der Waals surface area contributed by atoms with Crippen LogP contribution >= 0.6 is 11.6 Å². The van der Waals surface area contributed by atoms with Gasteiger partial charge in [0.15, 0.2) is 27.3 Å². The molecule has 1 amide bonds. The number of aromatic nitrogens is 1. The van der Waals surface area contributed by atoms with Crippen LogP contribution in [0.25, 0.3) is 0 Å². The molecule has 1 heterocycles. The molecule has 2 N–H and O–H groups in total. The zero-order chi connectivity index (χ0) is 27.4. The molecular weight excluding hydrogens is 541 g/mol. The molecule has 2 aliphatic rings. The molecule has 1 aromatic heterocycles. The topological polar surface area (TPSA) is 96.4 Å². The number of carbonyl (C=O) groups is 1. The lowest BCUT2D eigenvalue weighted by Gasteiger charge is -2.43. The lowest BCUT2D eigenvalue weighted by molar-refractivity contribution is -0.0699. The van der Waals surface area contributed by atoms with Gasteiger partial charge in [0.25, 0.3) is 5.91 Å². The zero-order valence-corrected chi connectivity index (χ0v) is 21.7. The second kappa shape index (κ2) is 9.66. The molecule has 2 aliphatic carbocycles. The summed E-state index contributed by atoms with van der Waals surface area (Å²) in [5.41, 5.74) is -0.898. The molecule has 6 nitrogen and oxygen atoms in total. The fourth-order valence-electron chi connectivity index (χ4n) is 6.11. The third-order valence-corrected chi connectivity index (χ3v) is 10.6. The second-order valence-corrected chi connectivity index (χ2v) is 12.7. The van der Waals surface area contributed by atoms with E-state index in [-0.39, 0.29) is 51.8 Å². The number of aliphatic hydroxyl groups is 1. The Hall–Kier alpha value is -2.95. The van der Waals surface area contributed by atoms with E-state index in [9.17, 15) is 31.5 Å². The smallest absolute Gasteiger partial charge is 0.255 e. The minimum absolute atomic E-state index is 0.0733. The quantitative estimate of drug-likeness (QED) is 0.399. The molecule has 2 saturated carbocycles. The van der Waals surface area contributed by atoms with Crippen LogP contribution in [0.1, 0.15) is 42.1 Å². The highest BCUT2D eigenvalue weighted by Crippen LogP contribution is 2.59. The van der Waals surface area contributed by atoms with Crippen LogP contribution in [0.4, 0.5) is 18.9 Å². The van der Waals surface area contributed by atoms with Crippen LogP contribution < -0.4 is 5.32 Å². The van der Waals surface area contributed by atoms with Gasteiger partial charge in [-0.2, -0.15) is 0 Å². The van der Waals surface area contributed by atoms with E-state index in [4.69, 9.17) is 11.6 Å². The first-order valence-electron chi connectivity index (χ1n) is 12.0. The Balaban J connectivity index is 1.43. The van der Waals surface area contributed by atoms with Crippen LogP contribution in [-0.4, -0.2) is 29.7 Å². The molecule has 2 bridgehead atoms. The van der Waals surface area contributed by atoms with Crippen molar-refractivity contribution in [2.24, 2.45) is 17.8 Å². The minimum atomic E-state index is -4.03. The summed E-state index contributed by atoms with van der Waals surface area (Å²) in [6.07, 6.45) is 4.29. The molecule has 2 unspecified atom stereocenters. The molecule has 0 spiro atoms. The van der Waals surface area contributed by atoms with Crippen LogP contribution in [0.15, 0.2) is 59.8 Å². The number of sulfone groups is 1. The summed E-state index contributed by atoms with van der Waals surface area (Å²) < 4.78 is 67.9. The number of hydrogen-bond donors (Lipinski definition) is 2. The van der Waals surface area contributed by atoms with Crippen LogP contribution in [0.3, 0.4) is 0 Å². The van der Waals surface area contributed by atoms with Gasteiger partial charge in [-0.1, -0.05) is 18.5 Å². The van der Waals surface area contributed by atoms with Crippen LogP contribution in [-0.2, 0) is 15.4 Å². The first kappa shape index (κ1) is 26.6. The highest BCUT2D eigenvalue weighted by Gasteiger charge is 2.59. The van der Waals surface area contributed by atoms with Crippen LogP contribution in [0.5, 0.6) is 0 Å². The van der Waals surface area contributed by atoms with Gasteiger partial charge in [0.05, 0.1) is 20.8 Å². The Kier molecular flexibility index (Phi) is 6.77. The van der Waals surface area contributed by atoms with Gasteiger partial charge < -0.3 is 10.4 Å². The van der Waals surface area contributed by atoms with Crippen LogP contribution in [0, 0.1) is 35.2 Å². The van der Waals surface area contributed by atoms with Crippen molar-refractivity contribution in [1.29, 1.82) is 0 Å². The minimum Gasteiger partial charge on any atom is -0.385 e. The van der Waals surface area contributed by atoms with Crippen LogP contribution in [0.2, 0.25) is 5.02 Å². The largest absolute Gasteiger partial charge is 0.385 e. The summed E-state index contributed by atoms with van der Waals surface area (Å²) in [4.78, 5) is 16.5. The highest BCUT2D eigenvalue weighted by molar-refractivity contribution is 7.92. The Morgan fingerprint density at radius 3 is 2.34 bits per heavy atom. The zero-order valence-electron chi connectivity index (χ0n) is 20.2. The number of nitrogens with one attached hydrogen (secondary N) is 1. The number of anilines is 1. The van der Waals surface area contributed by atoms with E-state index < -0.39 is 44.0 Å². The summed E-state index contributed by atoms with van der Waals surface area (Å²) in [6.45, 7) is 2.00. The molecular formula is C27H24ClF3N2O4S. The number of carbonyl (C=O) groups excluding carboxylic acids is 1. The molecule has 3 aromatic rings. The van der Waals surface area contributed by atoms with Crippen molar-refractivity contribution >= 4 is 33.0 Å². The molecule has 200 valence electrons. The lowest BCUT2D eigenvalue weighted by atomic mass is 9.70. The lowest BCUT2D eigenvalue weighted by Crippen LogP contribution is -2.46. The molecule has 2 aromatic carbocycles. The molecule has 2 fully saturated rings.